The third-order valence-electron chi connectivity index (χ3n) is 4.17. The van der Waals surface area contributed by atoms with Gasteiger partial charge >= 0.3 is 0 Å². The highest BCUT2D eigenvalue weighted by Crippen LogP contribution is 2.28. The Morgan fingerprint density at radius 3 is 2.65 bits per heavy atom. The summed E-state index contributed by atoms with van der Waals surface area (Å²) in [6.07, 6.45) is 0.560. The number of aromatic nitrogens is 1. The number of pyridine rings is 1. The summed E-state index contributed by atoms with van der Waals surface area (Å²) in [6.45, 7) is 0.445. The Morgan fingerprint density at radius 1 is 1.08 bits per heavy atom. The topological polar surface area (TPSA) is 114 Å². The van der Waals surface area contributed by atoms with Gasteiger partial charge in [-0.2, -0.15) is 0 Å². The van der Waals surface area contributed by atoms with Gasteiger partial charge in [0.2, 0.25) is 5.56 Å². The molecule has 0 unspecified atom stereocenters. The number of hydrogen-bond acceptors (Lipinski definition) is 5. The molecule has 0 radical (unpaired) electrons. The van der Waals surface area contributed by atoms with Crippen LogP contribution in [0.15, 0.2) is 47.3 Å². The molecule has 1 heterocycles. The van der Waals surface area contributed by atoms with Crippen LogP contribution in [0.3, 0.4) is 0 Å². The van der Waals surface area contributed by atoms with Gasteiger partial charge in [0.25, 0.3) is 5.91 Å². The first-order valence-corrected chi connectivity index (χ1v) is 8.13. The second kappa shape index (κ2) is 7.18. The summed E-state index contributed by atoms with van der Waals surface area (Å²) in [5.41, 5.74) is 1.74. The minimum atomic E-state index is -0.295. The number of anilines is 1. The second-order valence-corrected chi connectivity index (χ2v) is 5.81. The van der Waals surface area contributed by atoms with Crippen molar-refractivity contribution < 1.29 is 15.0 Å². The summed E-state index contributed by atoms with van der Waals surface area (Å²) < 4.78 is 0. The van der Waals surface area contributed by atoms with Crippen LogP contribution in [-0.2, 0) is 6.42 Å². The normalized spacial score (nSPS) is 10.7. The highest BCUT2D eigenvalue weighted by Gasteiger charge is 2.13. The van der Waals surface area contributed by atoms with E-state index in [-0.39, 0.29) is 23.0 Å². The van der Waals surface area contributed by atoms with Gasteiger partial charge in [0.15, 0.2) is 0 Å². The van der Waals surface area contributed by atoms with Crippen molar-refractivity contribution in [2.75, 3.05) is 18.9 Å². The van der Waals surface area contributed by atoms with E-state index in [1.165, 1.54) is 25.2 Å². The number of para-hydroxylation sites is 1. The molecule has 26 heavy (non-hydrogen) atoms. The third kappa shape index (κ3) is 3.32. The zero-order valence-corrected chi connectivity index (χ0v) is 14.2. The molecular weight excluding hydrogens is 334 g/mol. The Bertz CT molecular complexity index is 1030. The molecule has 2 aromatic carbocycles. The molecule has 5 N–H and O–H groups in total. The van der Waals surface area contributed by atoms with Crippen molar-refractivity contribution in [3.8, 4) is 11.5 Å². The van der Waals surface area contributed by atoms with E-state index < -0.39 is 0 Å². The molecule has 7 nitrogen and oxygen atoms in total. The van der Waals surface area contributed by atoms with Crippen LogP contribution in [0, 0.1) is 0 Å². The monoisotopic (exact) mass is 353 g/mol. The van der Waals surface area contributed by atoms with E-state index in [4.69, 9.17) is 0 Å². The number of hydrogen-bond donors (Lipinski definition) is 5. The fourth-order valence-corrected chi connectivity index (χ4v) is 2.89. The lowest BCUT2D eigenvalue weighted by atomic mass is 10.0. The lowest BCUT2D eigenvalue weighted by molar-refractivity contribution is 0.0963. The predicted molar refractivity (Wildman–Crippen MR) is 99.9 cm³/mol. The van der Waals surface area contributed by atoms with E-state index in [0.717, 1.165) is 10.9 Å². The number of phenolic OH excluding ortho intramolecular Hbond substituents is 2. The summed E-state index contributed by atoms with van der Waals surface area (Å²) in [7, 11) is 1.53. The number of carbonyl (C=O) groups excluding carboxylic acids is 1. The summed E-state index contributed by atoms with van der Waals surface area (Å²) in [5, 5.41) is 26.4. The van der Waals surface area contributed by atoms with Crippen molar-refractivity contribution in [3.63, 3.8) is 0 Å². The summed E-state index contributed by atoms with van der Waals surface area (Å²) in [6, 6.07) is 11.1. The van der Waals surface area contributed by atoms with Crippen molar-refractivity contribution in [3.05, 3.63) is 63.9 Å². The summed E-state index contributed by atoms with van der Waals surface area (Å²) in [5.74, 6) is -0.293. The van der Waals surface area contributed by atoms with Gasteiger partial charge in [0.1, 0.15) is 11.5 Å². The number of phenols is 2. The third-order valence-corrected chi connectivity index (χ3v) is 4.17. The largest absolute Gasteiger partial charge is 0.506 e. The van der Waals surface area contributed by atoms with Crippen molar-refractivity contribution in [2.24, 2.45) is 0 Å². The number of nitrogens with one attached hydrogen (secondary N) is 3. The van der Waals surface area contributed by atoms with Crippen molar-refractivity contribution in [2.45, 2.75) is 6.42 Å². The maximum Gasteiger partial charge on any atom is 0.253 e. The van der Waals surface area contributed by atoms with Crippen LogP contribution in [0.25, 0.3) is 10.9 Å². The van der Waals surface area contributed by atoms with E-state index in [0.29, 0.717) is 29.7 Å². The first-order chi connectivity index (χ1) is 12.5. The molecule has 1 aromatic heterocycles. The lowest BCUT2D eigenvalue weighted by Gasteiger charge is -2.14. The molecule has 0 aliphatic heterocycles. The van der Waals surface area contributed by atoms with Crippen LogP contribution >= 0.6 is 0 Å². The van der Waals surface area contributed by atoms with Crippen LogP contribution in [0.5, 0.6) is 11.5 Å². The molecule has 1 amide bonds. The SMILES string of the molecule is CNC(=O)c1cccc(O)c1NCCc1ccc(O)c2[nH]c(=O)ccc12. The number of carbonyl (C=O) groups is 1. The number of benzene rings is 2. The lowest BCUT2D eigenvalue weighted by Crippen LogP contribution is -2.20. The second-order valence-electron chi connectivity index (χ2n) is 5.81. The maximum absolute atomic E-state index is 11.9. The number of fused-ring (bicyclic) bond motifs is 1. The Balaban J connectivity index is 1.84. The molecule has 3 rings (SSSR count). The maximum atomic E-state index is 11.9. The zero-order valence-electron chi connectivity index (χ0n) is 14.2. The van der Waals surface area contributed by atoms with E-state index in [9.17, 15) is 19.8 Å². The standard InChI is InChI=1S/C19H19N3O4/c1-20-19(26)13-3-2-4-14(23)17(13)21-10-9-11-5-7-15(24)18-12(11)6-8-16(25)22-18/h2-8,21,23-24H,9-10H2,1H3,(H,20,26)(H,22,25). The molecule has 0 spiro atoms. The smallest absolute Gasteiger partial charge is 0.253 e. The van der Waals surface area contributed by atoms with Gasteiger partial charge in [-0.1, -0.05) is 12.1 Å². The fraction of sp³-hybridized carbons (Fsp3) is 0.158. The Labute approximate surface area is 149 Å². The van der Waals surface area contributed by atoms with Crippen molar-refractivity contribution in [1.29, 1.82) is 0 Å². The molecule has 0 saturated heterocycles. The number of H-pyrrole nitrogens is 1. The summed E-state index contributed by atoms with van der Waals surface area (Å²) >= 11 is 0. The minimum absolute atomic E-state index is 0.00834. The van der Waals surface area contributed by atoms with Gasteiger partial charge in [0.05, 0.1) is 16.8 Å². The minimum Gasteiger partial charge on any atom is -0.506 e. The molecule has 0 aliphatic rings. The summed E-state index contributed by atoms with van der Waals surface area (Å²) in [4.78, 5) is 26.0. The van der Waals surface area contributed by atoms with Crippen LogP contribution in [-0.4, -0.2) is 34.7 Å². The number of aromatic hydroxyl groups is 2. The van der Waals surface area contributed by atoms with Gasteiger partial charge in [-0.25, -0.2) is 0 Å². The van der Waals surface area contributed by atoms with E-state index in [2.05, 4.69) is 15.6 Å². The highest BCUT2D eigenvalue weighted by molar-refractivity contribution is 6.00. The van der Waals surface area contributed by atoms with Crippen LogP contribution in [0.1, 0.15) is 15.9 Å². The average Bonchev–Trinajstić information content (AvgIpc) is 2.64. The molecule has 0 fully saturated rings. The predicted octanol–water partition coefficient (Wildman–Crippen LogP) is 1.95. The molecule has 0 atom stereocenters. The van der Waals surface area contributed by atoms with E-state index in [1.807, 2.05) is 0 Å². The quantitative estimate of drug-likeness (QED) is 0.450. The molecule has 0 saturated carbocycles. The van der Waals surface area contributed by atoms with Crippen molar-refractivity contribution >= 4 is 22.5 Å². The fourth-order valence-electron chi connectivity index (χ4n) is 2.89. The van der Waals surface area contributed by atoms with Crippen LogP contribution in [0.4, 0.5) is 5.69 Å². The molecule has 0 aliphatic carbocycles. The molecule has 134 valence electrons. The van der Waals surface area contributed by atoms with Gasteiger partial charge < -0.3 is 25.8 Å². The highest BCUT2D eigenvalue weighted by atomic mass is 16.3. The number of rotatable bonds is 5. The molecule has 3 aromatic rings. The average molecular weight is 353 g/mol. The van der Waals surface area contributed by atoms with Gasteiger partial charge in [-0.3, -0.25) is 9.59 Å². The van der Waals surface area contributed by atoms with E-state index in [1.54, 1.807) is 24.3 Å². The first kappa shape index (κ1) is 17.3. The van der Waals surface area contributed by atoms with Gasteiger partial charge in [-0.05, 0) is 36.2 Å². The number of aromatic amines is 1. The molecular formula is C19H19N3O4. The van der Waals surface area contributed by atoms with E-state index >= 15 is 0 Å². The van der Waals surface area contributed by atoms with Gasteiger partial charge in [-0.15, -0.1) is 0 Å². The number of amides is 1. The Hall–Kier alpha value is -3.48. The first-order valence-electron chi connectivity index (χ1n) is 8.13. The Morgan fingerprint density at radius 2 is 1.88 bits per heavy atom. The molecule has 7 heteroatoms. The van der Waals surface area contributed by atoms with Crippen LogP contribution in [0.2, 0.25) is 0 Å². The van der Waals surface area contributed by atoms with Gasteiger partial charge in [0, 0.05) is 25.0 Å². The Kier molecular flexibility index (Phi) is 4.79. The molecule has 0 bridgehead atoms. The zero-order chi connectivity index (χ0) is 18.7. The van der Waals surface area contributed by atoms with Crippen molar-refractivity contribution in [1.82, 2.24) is 10.3 Å². The van der Waals surface area contributed by atoms with Crippen LogP contribution < -0.4 is 16.2 Å².